The predicted molar refractivity (Wildman–Crippen MR) is 83.7 cm³/mol. The number of alkyl halides is 3. The number of ether oxygens (including phenoxy) is 1. The van der Waals surface area contributed by atoms with Crippen LogP contribution in [0.3, 0.4) is 0 Å². The van der Waals surface area contributed by atoms with Gasteiger partial charge in [0.25, 0.3) is 6.43 Å². The summed E-state index contributed by atoms with van der Waals surface area (Å²) in [6.07, 6.45) is -5.35. The van der Waals surface area contributed by atoms with Crippen LogP contribution >= 0.6 is 0 Å². The molecule has 0 N–H and O–H groups in total. The van der Waals surface area contributed by atoms with Crippen molar-refractivity contribution in [3.63, 3.8) is 0 Å². The minimum Gasteiger partial charge on any atom is -0.442 e. The SMILES string of the molecule is CC(C)(C)OC(=O)N1CCCN1C(=O)N1CCN(C(F)C(F)F)CC1. The Labute approximate surface area is 145 Å². The van der Waals surface area contributed by atoms with E-state index in [0.29, 0.717) is 19.5 Å². The molecule has 0 bridgehead atoms. The van der Waals surface area contributed by atoms with Gasteiger partial charge in [-0.05, 0) is 27.2 Å². The van der Waals surface area contributed by atoms with Gasteiger partial charge in [0.05, 0.1) is 0 Å². The number of nitrogens with zero attached hydrogens (tertiary/aromatic N) is 4. The Hall–Kier alpha value is -1.71. The molecule has 2 saturated heterocycles. The Morgan fingerprint density at radius 2 is 1.48 bits per heavy atom. The maximum atomic E-state index is 13.4. The van der Waals surface area contributed by atoms with Gasteiger partial charge in [-0.1, -0.05) is 0 Å². The fraction of sp³-hybridized carbons (Fsp3) is 0.867. The lowest BCUT2D eigenvalue weighted by atomic mass is 10.2. The van der Waals surface area contributed by atoms with Crippen molar-refractivity contribution in [3.05, 3.63) is 0 Å². The molecule has 2 heterocycles. The van der Waals surface area contributed by atoms with E-state index >= 15 is 0 Å². The summed E-state index contributed by atoms with van der Waals surface area (Å²) in [5.74, 6) is 0. The summed E-state index contributed by atoms with van der Waals surface area (Å²) >= 11 is 0. The van der Waals surface area contributed by atoms with Crippen LogP contribution in [-0.2, 0) is 4.74 Å². The lowest BCUT2D eigenvalue weighted by Crippen LogP contribution is -2.57. The van der Waals surface area contributed by atoms with E-state index in [1.807, 2.05) is 0 Å². The number of piperazine rings is 1. The van der Waals surface area contributed by atoms with E-state index in [2.05, 4.69) is 0 Å². The number of carbonyl (C=O) groups excluding carboxylic acids is 2. The van der Waals surface area contributed by atoms with E-state index in [0.717, 1.165) is 4.90 Å². The van der Waals surface area contributed by atoms with Gasteiger partial charge in [0, 0.05) is 39.3 Å². The first kappa shape index (κ1) is 19.6. The number of urea groups is 1. The molecule has 3 amide bonds. The van der Waals surface area contributed by atoms with E-state index in [1.165, 1.54) is 14.9 Å². The standard InChI is InChI=1S/C15H25F3N4O3/c1-15(2,3)25-14(24)22-6-4-5-21(22)13(23)20-9-7-19(8-10-20)12(18)11(16)17/h11-12H,4-10H2,1-3H3. The van der Waals surface area contributed by atoms with E-state index in [4.69, 9.17) is 4.74 Å². The highest BCUT2D eigenvalue weighted by molar-refractivity contribution is 5.78. The van der Waals surface area contributed by atoms with Crippen LogP contribution in [0.5, 0.6) is 0 Å². The van der Waals surface area contributed by atoms with Crippen molar-refractivity contribution in [2.75, 3.05) is 39.3 Å². The number of carbonyl (C=O) groups is 2. The largest absolute Gasteiger partial charge is 0.442 e. The molecule has 0 aliphatic carbocycles. The molecule has 2 aliphatic heterocycles. The average Bonchev–Trinajstić information content (AvgIpc) is 3.01. The van der Waals surface area contributed by atoms with Gasteiger partial charge in [-0.15, -0.1) is 0 Å². The van der Waals surface area contributed by atoms with Crippen molar-refractivity contribution in [3.8, 4) is 0 Å². The number of halogens is 3. The Balaban J connectivity index is 1.93. The predicted octanol–water partition coefficient (Wildman–Crippen LogP) is 2.14. The van der Waals surface area contributed by atoms with Crippen LogP contribution in [0.4, 0.5) is 22.8 Å². The van der Waals surface area contributed by atoms with Crippen molar-refractivity contribution >= 4 is 12.1 Å². The van der Waals surface area contributed by atoms with Crippen LogP contribution in [-0.4, -0.2) is 89.5 Å². The van der Waals surface area contributed by atoms with Gasteiger partial charge in [0.1, 0.15) is 5.60 Å². The van der Waals surface area contributed by atoms with Gasteiger partial charge in [-0.3, -0.25) is 4.90 Å². The van der Waals surface area contributed by atoms with Crippen molar-refractivity contribution in [1.29, 1.82) is 0 Å². The molecule has 0 saturated carbocycles. The van der Waals surface area contributed by atoms with Crippen molar-refractivity contribution in [2.45, 2.75) is 45.5 Å². The lowest BCUT2D eigenvalue weighted by Gasteiger charge is -2.39. The number of hydrazine groups is 1. The molecule has 0 radical (unpaired) electrons. The maximum absolute atomic E-state index is 13.4. The highest BCUT2D eigenvalue weighted by Gasteiger charge is 2.38. The third-order valence-corrected chi connectivity index (χ3v) is 4.00. The van der Waals surface area contributed by atoms with Gasteiger partial charge in [-0.2, -0.15) is 0 Å². The second kappa shape index (κ2) is 7.67. The van der Waals surface area contributed by atoms with Crippen LogP contribution in [0.15, 0.2) is 0 Å². The highest BCUT2D eigenvalue weighted by atomic mass is 19.3. The fourth-order valence-electron chi connectivity index (χ4n) is 2.80. The molecule has 2 fully saturated rings. The van der Waals surface area contributed by atoms with Crippen molar-refractivity contribution < 1.29 is 27.5 Å². The van der Waals surface area contributed by atoms with Gasteiger partial charge in [0.2, 0.25) is 6.30 Å². The third kappa shape index (κ3) is 4.90. The number of hydrogen-bond acceptors (Lipinski definition) is 4. The van der Waals surface area contributed by atoms with Gasteiger partial charge >= 0.3 is 12.1 Å². The summed E-state index contributed by atoms with van der Waals surface area (Å²) in [7, 11) is 0. The maximum Gasteiger partial charge on any atom is 0.429 e. The number of rotatable bonds is 2. The van der Waals surface area contributed by atoms with E-state index in [-0.39, 0.29) is 26.2 Å². The van der Waals surface area contributed by atoms with Gasteiger partial charge in [0.15, 0.2) is 0 Å². The zero-order chi connectivity index (χ0) is 18.8. The van der Waals surface area contributed by atoms with Gasteiger partial charge < -0.3 is 9.64 Å². The fourth-order valence-corrected chi connectivity index (χ4v) is 2.80. The first-order valence-electron chi connectivity index (χ1n) is 8.33. The van der Waals surface area contributed by atoms with Crippen molar-refractivity contribution in [2.24, 2.45) is 0 Å². The van der Waals surface area contributed by atoms with E-state index in [1.54, 1.807) is 20.8 Å². The first-order chi connectivity index (χ1) is 11.6. The topological polar surface area (TPSA) is 56.3 Å². The number of amides is 3. The summed E-state index contributed by atoms with van der Waals surface area (Å²) in [5.41, 5.74) is -0.675. The summed E-state index contributed by atoms with van der Waals surface area (Å²) in [6, 6.07) is -0.393. The second-order valence-electron chi connectivity index (χ2n) is 7.09. The first-order valence-corrected chi connectivity index (χ1v) is 8.33. The Bertz CT molecular complexity index is 493. The van der Waals surface area contributed by atoms with Crippen LogP contribution in [0.25, 0.3) is 0 Å². The van der Waals surface area contributed by atoms with Crippen LogP contribution in [0.1, 0.15) is 27.2 Å². The van der Waals surface area contributed by atoms with Gasteiger partial charge in [-0.25, -0.2) is 32.8 Å². The lowest BCUT2D eigenvalue weighted by molar-refractivity contribution is -0.0650. The zero-order valence-electron chi connectivity index (χ0n) is 14.8. The van der Waals surface area contributed by atoms with Crippen LogP contribution in [0, 0.1) is 0 Å². The highest BCUT2D eigenvalue weighted by Crippen LogP contribution is 2.20. The normalized spacial score (nSPS) is 21.0. The molecule has 7 nitrogen and oxygen atoms in total. The molecule has 0 spiro atoms. The molecule has 10 heteroatoms. The second-order valence-corrected chi connectivity index (χ2v) is 7.09. The average molecular weight is 366 g/mol. The number of hydrogen-bond donors (Lipinski definition) is 0. The van der Waals surface area contributed by atoms with Crippen molar-refractivity contribution in [1.82, 2.24) is 19.8 Å². The Morgan fingerprint density at radius 1 is 0.920 bits per heavy atom. The van der Waals surface area contributed by atoms with E-state index < -0.39 is 30.4 Å². The molecular formula is C15H25F3N4O3. The molecule has 1 atom stereocenters. The molecule has 2 rings (SSSR count). The minimum absolute atomic E-state index is 0.0253. The summed E-state index contributed by atoms with van der Waals surface area (Å²) < 4.78 is 43.5. The summed E-state index contributed by atoms with van der Waals surface area (Å²) in [5, 5.41) is 2.57. The summed E-state index contributed by atoms with van der Waals surface area (Å²) in [4.78, 5) is 27.3. The monoisotopic (exact) mass is 366 g/mol. The molecular weight excluding hydrogens is 341 g/mol. The van der Waals surface area contributed by atoms with Crippen LogP contribution in [0.2, 0.25) is 0 Å². The molecule has 0 aromatic heterocycles. The third-order valence-electron chi connectivity index (χ3n) is 4.00. The molecule has 0 aromatic carbocycles. The molecule has 25 heavy (non-hydrogen) atoms. The summed E-state index contributed by atoms with van der Waals surface area (Å²) in [6.45, 7) is 6.28. The Kier molecular flexibility index (Phi) is 6.02. The molecule has 0 aromatic rings. The smallest absolute Gasteiger partial charge is 0.429 e. The molecule has 144 valence electrons. The quantitative estimate of drug-likeness (QED) is 0.703. The minimum atomic E-state index is -3.07. The van der Waals surface area contributed by atoms with Crippen LogP contribution < -0.4 is 0 Å². The van der Waals surface area contributed by atoms with E-state index in [9.17, 15) is 22.8 Å². The Morgan fingerprint density at radius 3 is 2.00 bits per heavy atom. The molecule has 1 unspecified atom stereocenters. The zero-order valence-corrected chi connectivity index (χ0v) is 14.8. The molecule has 2 aliphatic rings.